The predicted octanol–water partition coefficient (Wildman–Crippen LogP) is 12.4. The standard InChI is InChI=1S/C46H30N2/c1-3-12-31(13-4-1)37-19-11-14-34-28-36(24-25-38(34)37)48-44-21-10-8-18-40(44)42-30-33(23-27-46(42)48)32-22-26-45-41(29-32)39-17-7-9-20-43(39)47(45)35-15-5-2-6-16-35/h1-30H. The van der Waals surface area contributed by atoms with Crippen LogP contribution in [0.1, 0.15) is 0 Å². The first-order chi connectivity index (χ1) is 23.8. The number of rotatable bonds is 4. The van der Waals surface area contributed by atoms with Crippen molar-refractivity contribution in [2.75, 3.05) is 0 Å². The van der Waals surface area contributed by atoms with Crippen LogP contribution in [0, 0.1) is 0 Å². The minimum Gasteiger partial charge on any atom is -0.309 e. The predicted molar refractivity (Wildman–Crippen MR) is 203 cm³/mol. The summed E-state index contributed by atoms with van der Waals surface area (Å²) >= 11 is 0. The van der Waals surface area contributed by atoms with Crippen molar-refractivity contribution in [3.8, 4) is 33.6 Å². The van der Waals surface area contributed by atoms with Crippen LogP contribution in [-0.4, -0.2) is 9.13 Å². The molecule has 224 valence electrons. The van der Waals surface area contributed by atoms with E-state index in [0.29, 0.717) is 0 Å². The summed E-state index contributed by atoms with van der Waals surface area (Å²) in [5.74, 6) is 0. The van der Waals surface area contributed by atoms with E-state index in [0.717, 1.165) is 0 Å². The van der Waals surface area contributed by atoms with Gasteiger partial charge >= 0.3 is 0 Å². The molecule has 10 rings (SSSR count). The van der Waals surface area contributed by atoms with Gasteiger partial charge in [0.25, 0.3) is 0 Å². The summed E-state index contributed by atoms with van der Waals surface area (Å²) in [5, 5.41) is 7.55. The first-order valence-corrected chi connectivity index (χ1v) is 16.5. The Morgan fingerprint density at radius 3 is 1.46 bits per heavy atom. The lowest BCUT2D eigenvalue weighted by molar-refractivity contribution is 1.18. The van der Waals surface area contributed by atoms with Gasteiger partial charge in [-0.25, -0.2) is 0 Å². The van der Waals surface area contributed by atoms with Gasteiger partial charge in [-0.05, 0) is 93.7 Å². The van der Waals surface area contributed by atoms with Crippen molar-refractivity contribution in [3.63, 3.8) is 0 Å². The molecule has 0 aliphatic carbocycles. The number of hydrogen-bond acceptors (Lipinski definition) is 0. The Hall–Kier alpha value is -6.38. The second-order valence-corrected chi connectivity index (χ2v) is 12.6. The molecular formula is C46H30N2. The third-order valence-electron chi connectivity index (χ3n) is 9.90. The molecule has 10 aromatic rings. The fourth-order valence-corrected chi connectivity index (χ4v) is 7.72. The molecule has 0 bridgehead atoms. The van der Waals surface area contributed by atoms with Crippen molar-refractivity contribution in [2.24, 2.45) is 0 Å². The van der Waals surface area contributed by atoms with Crippen LogP contribution < -0.4 is 0 Å². The number of aromatic nitrogens is 2. The summed E-state index contributed by atoms with van der Waals surface area (Å²) in [7, 11) is 0. The maximum Gasteiger partial charge on any atom is 0.0541 e. The summed E-state index contributed by atoms with van der Waals surface area (Å²) in [6.45, 7) is 0. The zero-order valence-electron chi connectivity index (χ0n) is 26.2. The van der Waals surface area contributed by atoms with Crippen LogP contribution in [-0.2, 0) is 0 Å². The average molecular weight is 611 g/mol. The lowest BCUT2D eigenvalue weighted by Gasteiger charge is -2.12. The van der Waals surface area contributed by atoms with E-state index in [2.05, 4.69) is 191 Å². The molecule has 0 amide bonds. The van der Waals surface area contributed by atoms with Crippen molar-refractivity contribution in [2.45, 2.75) is 0 Å². The molecule has 0 atom stereocenters. The van der Waals surface area contributed by atoms with Gasteiger partial charge in [0.05, 0.1) is 22.1 Å². The van der Waals surface area contributed by atoms with E-state index < -0.39 is 0 Å². The highest BCUT2D eigenvalue weighted by atomic mass is 15.0. The second kappa shape index (κ2) is 10.6. The molecule has 0 aliphatic heterocycles. The Morgan fingerprint density at radius 1 is 0.271 bits per heavy atom. The van der Waals surface area contributed by atoms with E-state index in [4.69, 9.17) is 0 Å². The molecule has 0 radical (unpaired) electrons. The minimum absolute atomic E-state index is 1.17. The smallest absolute Gasteiger partial charge is 0.0541 e. The van der Waals surface area contributed by atoms with Gasteiger partial charge in [0.2, 0.25) is 0 Å². The summed E-state index contributed by atoms with van der Waals surface area (Å²) in [5.41, 5.74) is 12.1. The van der Waals surface area contributed by atoms with E-state index in [1.807, 2.05) is 0 Å². The van der Waals surface area contributed by atoms with Gasteiger partial charge in [0, 0.05) is 32.9 Å². The normalized spacial score (nSPS) is 11.8. The monoisotopic (exact) mass is 610 g/mol. The molecule has 2 heterocycles. The van der Waals surface area contributed by atoms with Crippen LogP contribution in [0.3, 0.4) is 0 Å². The van der Waals surface area contributed by atoms with E-state index in [9.17, 15) is 0 Å². The third kappa shape index (κ3) is 4.06. The summed E-state index contributed by atoms with van der Waals surface area (Å²) in [6, 6.07) is 66.2. The van der Waals surface area contributed by atoms with Crippen LogP contribution in [0.25, 0.3) is 88.0 Å². The van der Waals surface area contributed by atoms with Crippen LogP contribution in [0.5, 0.6) is 0 Å². The fraction of sp³-hybridized carbons (Fsp3) is 0. The highest BCUT2D eigenvalue weighted by Crippen LogP contribution is 2.39. The maximum atomic E-state index is 2.42. The highest BCUT2D eigenvalue weighted by Gasteiger charge is 2.16. The van der Waals surface area contributed by atoms with E-state index >= 15 is 0 Å². The third-order valence-corrected chi connectivity index (χ3v) is 9.90. The van der Waals surface area contributed by atoms with Crippen molar-refractivity contribution in [1.29, 1.82) is 0 Å². The van der Waals surface area contributed by atoms with Crippen LogP contribution in [0.4, 0.5) is 0 Å². The summed E-state index contributed by atoms with van der Waals surface area (Å²) in [4.78, 5) is 0. The molecule has 0 aliphatic rings. The lowest BCUT2D eigenvalue weighted by atomic mass is 9.98. The van der Waals surface area contributed by atoms with Gasteiger partial charge in [-0.2, -0.15) is 0 Å². The Kier molecular flexibility index (Phi) is 5.91. The van der Waals surface area contributed by atoms with Gasteiger partial charge in [-0.1, -0.05) is 121 Å². The molecule has 0 N–H and O–H groups in total. The van der Waals surface area contributed by atoms with Gasteiger partial charge in [-0.3, -0.25) is 0 Å². The number of fused-ring (bicyclic) bond motifs is 7. The molecule has 0 saturated carbocycles. The molecule has 0 saturated heterocycles. The van der Waals surface area contributed by atoms with Gasteiger partial charge in [0.15, 0.2) is 0 Å². The molecule has 0 spiro atoms. The lowest BCUT2D eigenvalue weighted by Crippen LogP contribution is -1.94. The molecule has 48 heavy (non-hydrogen) atoms. The van der Waals surface area contributed by atoms with Gasteiger partial charge in [0.1, 0.15) is 0 Å². The topological polar surface area (TPSA) is 9.86 Å². The molecule has 0 unspecified atom stereocenters. The summed E-state index contributed by atoms with van der Waals surface area (Å²) in [6.07, 6.45) is 0. The van der Waals surface area contributed by atoms with Crippen molar-refractivity contribution < 1.29 is 0 Å². The molecule has 2 heteroatoms. The van der Waals surface area contributed by atoms with Gasteiger partial charge < -0.3 is 9.13 Å². The van der Waals surface area contributed by atoms with Crippen molar-refractivity contribution in [3.05, 3.63) is 182 Å². The Morgan fingerprint density at radius 2 is 0.812 bits per heavy atom. The highest BCUT2D eigenvalue weighted by molar-refractivity contribution is 6.13. The molecule has 2 nitrogen and oxygen atoms in total. The van der Waals surface area contributed by atoms with Crippen LogP contribution >= 0.6 is 0 Å². The zero-order valence-corrected chi connectivity index (χ0v) is 26.2. The van der Waals surface area contributed by atoms with Crippen molar-refractivity contribution in [1.82, 2.24) is 9.13 Å². The Bertz CT molecular complexity index is 2820. The molecule has 8 aromatic carbocycles. The van der Waals surface area contributed by atoms with Crippen molar-refractivity contribution >= 4 is 54.4 Å². The van der Waals surface area contributed by atoms with Gasteiger partial charge in [-0.15, -0.1) is 0 Å². The first-order valence-electron chi connectivity index (χ1n) is 16.5. The number of para-hydroxylation sites is 3. The number of hydrogen-bond donors (Lipinski definition) is 0. The minimum atomic E-state index is 1.17. The van der Waals surface area contributed by atoms with Crippen LogP contribution in [0.15, 0.2) is 182 Å². The van der Waals surface area contributed by atoms with E-state index in [1.54, 1.807) is 0 Å². The largest absolute Gasteiger partial charge is 0.309 e. The molecular weight excluding hydrogens is 581 g/mol. The first kappa shape index (κ1) is 26.8. The van der Waals surface area contributed by atoms with E-state index in [-0.39, 0.29) is 0 Å². The number of nitrogens with zero attached hydrogens (tertiary/aromatic N) is 2. The summed E-state index contributed by atoms with van der Waals surface area (Å²) < 4.78 is 4.79. The van der Waals surface area contributed by atoms with E-state index in [1.165, 1.54) is 88.0 Å². The SMILES string of the molecule is c1ccc(-c2cccc3cc(-n4c5ccccc5c5cc(-c6ccc7c(c6)c6ccccc6n7-c6ccccc6)ccc54)ccc23)cc1. The fourth-order valence-electron chi connectivity index (χ4n) is 7.72. The quantitative estimate of drug-likeness (QED) is 0.188. The molecule has 0 fully saturated rings. The Balaban J connectivity index is 1.14. The zero-order chi connectivity index (χ0) is 31.6. The van der Waals surface area contributed by atoms with Crippen LogP contribution in [0.2, 0.25) is 0 Å². The maximum absolute atomic E-state index is 2.42. The Labute approximate surface area is 278 Å². The number of benzene rings is 8. The second-order valence-electron chi connectivity index (χ2n) is 12.6. The molecule has 2 aromatic heterocycles. The average Bonchev–Trinajstić information content (AvgIpc) is 3.67.